The number of aliphatic carboxylic acids is 1. The lowest BCUT2D eigenvalue weighted by atomic mass is 10.1. The maximum Gasteiger partial charge on any atom is 0.327 e. The summed E-state index contributed by atoms with van der Waals surface area (Å²) in [5.74, 6) is -1.56. The van der Waals surface area contributed by atoms with Gasteiger partial charge in [-0.15, -0.1) is 0 Å². The van der Waals surface area contributed by atoms with Crippen LogP contribution in [-0.2, 0) is 14.6 Å². The summed E-state index contributed by atoms with van der Waals surface area (Å²) in [6.45, 7) is 3.68. The lowest BCUT2D eigenvalue weighted by Gasteiger charge is -2.25. The minimum Gasteiger partial charge on any atom is -0.480 e. The number of nitrogens with one attached hydrogen (secondary N) is 1. The Morgan fingerprint density at radius 2 is 1.94 bits per heavy atom. The van der Waals surface area contributed by atoms with Crippen molar-refractivity contribution in [1.82, 2.24) is 0 Å². The molecule has 0 fully saturated rings. The maximum absolute atomic E-state index is 11.9. The summed E-state index contributed by atoms with van der Waals surface area (Å²) in [7, 11) is -3.52. The normalized spacial score (nSPS) is 21.4. The van der Waals surface area contributed by atoms with Crippen molar-refractivity contribution >= 4 is 21.5 Å². The minimum atomic E-state index is -3.52. The van der Waals surface area contributed by atoms with E-state index in [0.717, 1.165) is 11.1 Å². The van der Waals surface area contributed by atoms with Crippen molar-refractivity contribution in [3.05, 3.63) is 23.3 Å². The summed E-state index contributed by atoms with van der Waals surface area (Å²) in [4.78, 5) is 11.1. The molecule has 17 heavy (non-hydrogen) atoms. The number of sulfone groups is 1. The maximum atomic E-state index is 11.9. The Balaban J connectivity index is 2.61. The van der Waals surface area contributed by atoms with E-state index in [9.17, 15) is 13.2 Å². The summed E-state index contributed by atoms with van der Waals surface area (Å²) >= 11 is 0. The molecule has 1 atom stereocenters. The number of aryl methyl sites for hydroxylation is 2. The van der Waals surface area contributed by atoms with Crippen LogP contribution < -0.4 is 5.32 Å². The monoisotopic (exact) mass is 255 g/mol. The van der Waals surface area contributed by atoms with Gasteiger partial charge in [-0.3, -0.25) is 0 Å². The fourth-order valence-corrected chi connectivity index (χ4v) is 3.48. The van der Waals surface area contributed by atoms with Gasteiger partial charge in [-0.25, -0.2) is 13.2 Å². The Hall–Kier alpha value is -1.56. The fraction of sp³-hybridized carbons (Fsp3) is 0.364. The molecule has 1 unspecified atom stereocenters. The van der Waals surface area contributed by atoms with E-state index in [-0.39, 0.29) is 4.90 Å². The highest BCUT2D eigenvalue weighted by molar-refractivity contribution is 7.91. The molecule has 1 aliphatic rings. The molecule has 1 aliphatic heterocycles. The summed E-state index contributed by atoms with van der Waals surface area (Å²) in [6.07, 6.45) is 0. The predicted molar refractivity (Wildman–Crippen MR) is 63.0 cm³/mol. The van der Waals surface area contributed by atoms with E-state index in [1.54, 1.807) is 12.1 Å². The Kier molecular flexibility index (Phi) is 2.61. The second-order valence-corrected chi connectivity index (χ2v) is 6.25. The van der Waals surface area contributed by atoms with E-state index >= 15 is 0 Å². The van der Waals surface area contributed by atoms with Crippen LogP contribution in [0.25, 0.3) is 0 Å². The van der Waals surface area contributed by atoms with Crippen LogP contribution >= 0.6 is 0 Å². The third kappa shape index (κ3) is 2.00. The van der Waals surface area contributed by atoms with Gasteiger partial charge >= 0.3 is 5.97 Å². The van der Waals surface area contributed by atoms with Crippen molar-refractivity contribution in [2.45, 2.75) is 24.8 Å². The SMILES string of the molecule is Cc1cc2c(cc1C)S(=O)(=O)CC(C(=O)O)N2. The first-order valence-corrected chi connectivity index (χ1v) is 6.80. The predicted octanol–water partition coefficient (Wildman–Crippen LogP) is 0.956. The highest BCUT2D eigenvalue weighted by Gasteiger charge is 2.34. The first kappa shape index (κ1) is 11.9. The molecule has 0 aromatic heterocycles. The van der Waals surface area contributed by atoms with Gasteiger partial charge < -0.3 is 10.4 Å². The Bertz CT molecular complexity index is 592. The minimum absolute atomic E-state index is 0.193. The number of hydrogen-bond acceptors (Lipinski definition) is 4. The van der Waals surface area contributed by atoms with Gasteiger partial charge in [0.25, 0.3) is 0 Å². The van der Waals surface area contributed by atoms with Crippen molar-refractivity contribution in [2.24, 2.45) is 0 Å². The molecule has 0 amide bonds. The largest absolute Gasteiger partial charge is 0.480 e. The van der Waals surface area contributed by atoms with Crippen LogP contribution in [0.1, 0.15) is 11.1 Å². The third-order valence-corrected chi connectivity index (χ3v) is 4.72. The number of hydrogen-bond donors (Lipinski definition) is 2. The molecule has 1 aromatic rings. The quantitative estimate of drug-likeness (QED) is 0.780. The van der Waals surface area contributed by atoms with Crippen LogP contribution in [0.15, 0.2) is 17.0 Å². The van der Waals surface area contributed by atoms with E-state index in [1.807, 2.05) is 13.8 Å². The molecule has 0 radical (unpaired) electrons. The van der Waals surface area contributed by atoms with Crippen LogP contribution in [0.5, 0.6) is 0 Å². The fourth-order valence-electron chi connectivity index (χ4n) is 1.83. The molecule has 0 bridgehead atoms. The molecule has 2 rings (SSSR count). The van der Waals surface area contributed by atoms with Gasteiger partial charge in [0.1, 0.15) is 6.04 Å². The third-order valence-electron chi connectivity index (χ3n) is 2.94. The average Bonchev–Trinajstić information content (AvgIpc) is 2.20. The molecule has 5 nitrogen and oxygen atoms in total. The number of carboxylic acid groups (broad SMARTS) is 1. The van der Waals surface area contributed by atoms with Crippen molar-refractivity contribution in [1.29, 1.82) is 0 Å². The molecule has 6 heteroatoms. The molecule has 2 N–H and O–H groups in total. The van der Waals surface area contributed by atoms with Crippen LogP contribution in [0.4, 0.5) is 5.69 Å². The first-order valence-electron chi connectivity index (χ1n) is 5.14. The van der Waals surface area contributed by atoms with Crippen LogP contribution in [0, 0.1) is 13.8 Å². The van der Waals surface area contributed by atoms with Crippen molar-refractivity contribution in [3.8, 4) is 0 Å². The van der Waals surface area contributed by atoms with E-state index in [4.69, 9.17) is 5.11 Å². The number of carboxylic acids is 1. The number of anilines is 1. The van der Waals surface area contributed by atoms with Crippen molar-refractivity contribution in [2.75, 3.05) is 11.1 Å². The van der Waals surface area contributed by atoms with Gasteiger partial charge in [-0.1, -0.05) is 0 Å². The molecule has 0 spiro atoms. The highest BCUT2D eigenvalue weighted by atomic mass is 32.2. The number of carbonyl (C=O) groups is 1. The van der Waals surface area contributed by atoms with Gasteiger partial charge in [0.2, 0.25) is 0 Å². The van der Waals surface area contributed by atoms with E-state index in [2.05, 4.69) is 5.32 Å². The van der Waals surface area contributed by atoms with Gasteiger partial charge in [-0.05, 0) is 37.1 Å². The summed E-state index contributed by atoms with van der Waals surface area (Å²) < 4.78 is 23.9. The molecule has 0 saturated carbocycles. The Morgan fingerprint density at radius 3 is 2.53 bits per heavy atom. The lowest BCUT2D eigenvalue weighted by Crippen LogP contribution is -2.40. The van der Waals surface area contributed by atoms with E-state index in [1.165, 1.54) is 0 Å². The zero-order chi connectivity index (χ0) is 12.8. The summed E-state index contributed by atoms with van der Waals surface area (Å²) in [6, 6.07) is 2.19. The zero-order valence-corrected chi connectivity index (χ0v) is 10.3. The number of rotatable bonds is 1. The van der Waals surface area contributed by atoms with Gasteiger partial charge in [0.05, 0.1) is 16.3 Å². The summed E-state index contributed by atoms with van der Waals surface area (Å²) in [5.41, 5.74) is 2.19. The number of benzene rings is 1. The van der Waals surface area contributed by atoms with Crippen LogP contribution in [0.2, 0.25) is 0 Å². The summed E-state index contributed by atoms with van der Waals surface area (Å²) in [5, 5.41) is 11.6. The number of fused-ring (bicyclic) bond motifs is 1. The highest BCUT2D eigenvalue weighted by Crippen LogP contribution is 2.31. The molecule has 0 saturated heterocycles. The Labute approximate surface area is 99.4 Å². The van der Waals surface area contributed by atoms with Crippen molar-refractivity contribution in [3.63, 3.8) is 0 Å². The van der Waals surface area contributed by atoms with Gasteiger partial charge in [-0.2, -0.15) is 0 Å². The Morgan fingerprint density at radius 1 is 1.35 bits per heavy atom. The zero-order valence-electron chi connectivity index (χ0n) is 9.52. The van der Waals surface area contributed by atoms with Gasteiger partial charge in [0.15, 0.2) is 9.84 Å². The molecular formula is C11H13NO4S. The van der Waals surface area contributed by atoms with Gasteiger partial charge in [0, 0.05) is 0 Å². The lowest BCUT2D eigenvalue weighted by molar-refractivity contribution is -0.137. The molecule has 92 valence electrons. The second kappa shape index (κ2) is 3.73. The van der Waals surface area contributed by atoms with E-state index in [0.29, 0.717) is 5.69 Å². The standard InChI is InChI=1S/C11H13NO4S/c1-6-3-8-10(4-7(6)2)17(15,16)5-9(12-8)11(13)14/h3-4,9,12H,5H2,1-2H3,(H,13,14). The molecule has 0 aliphatic carbocycles. The van der Waals surface area contributed by atoms with Crippen LogP contribution in [0.3, 0.4) is 0 Å². The van der Waals surface area contributed by atoms with Crippen LogP contribution in [-0.4, -0.2) is 31.3 Å². The molecule has 1 aromatic carbocycles. The smallest absolute Gasteiger partial charge is 0.327 e. The van der Waals surface area contributed by atoms with Crippen molar-refractivity contribution < 1.29 is 18.3 Å². The topological polar surface area (TPSA) is 83.5 Å². The molecular weight excluding hydrogens is 242 g/mol. The van der Waals surface area contributed by atoms with E-state index < -0.39 is 27.6 Å². The molecule has 1 heterocycles. The first-order chi connectivity index (χ1) is 7.81. The average molecular weight is 255 g/mol. The second-order valence-electron chi connectivity index (χ2n) is 4.25.